The summed E-state index contributed by atoms with van der Waals surface area (Å²) in [5.74, 6) is -0.642. The molecule has 4 N–H and O–H groups in total. The van der Waals surface area contributed by atoms with Crippen molar-refractivity contribution in [2.24, 2.45) is 17.6 Å². The fourth-order valence-corrected chi connectivity index (χ4v) is 3.22. The van der Waals surface area contributed by atoms with Crippen LogP contribution in [0.25, 0.3) is 0 Å². The van der Waals surface area contributed by atoms with Crippen LogP contribution in [-0.2, 0) is 4.79 Å². The zero-order valence-electron chi connectivity index (χ0n) is 12.8. The smallest absolute Gasteiger partial charge is 0.306 e. The molecule has 0 aromatic carbocycles. The van der Waals surface area contributed by atoms with Crippen LogP contribution < -0.4 is 5.73 Å². The van der Waals surface area contributed by atoms with Crippen molar-refractivity contribution in [2.45, 2.75) is 83.3 Å². The number of hydrogen-bond donors (Lipinski definition) is 3. The Morgan fingerprint density at radius 3 is 2.50 bits per heavy atom. The number of aliphatic hydroxyl groups is 1. The minimum absolute atomic E-state index is 0.276. The molecular formula is C16H31NO3. The molecule has 1 aliphatic rings. The van der Waals surface area contributed by atoms with E-state index in [-0.39, 0.29) is 6.04 Å². The second kappa shape index (κ2) is 9.35. The fourth-order valence-electron chi connectivity index (χ4n) is 3.22. The number of carboxylic acid groups (broad SMARTS) is 1. The van der Waals surface area contributed by atoms with E-state index in [4.69, 9.17) is 5.73 Å². The highest BCUT2D eigenvalue weighted by molar-refractivity contribution is 5.69. The number of unbranched alkanes of at least 4 members (excludes halogenated alkanes) is 1. The van der Waals surface area contributed by atoms with E-state index >= 15 is 0 Å². The lowest BCUT2D eigenvalue weighted by Crippen LogP contribution is -2.39. The number of carboxylic acids is 1. The summed E-state index contributed by atoms with van der Waals surface area (Å²) < 4.78 is 0. The first-order valence-corrected chi connectivity index (χ1v) is 8.21. The Bertz CT molecular complexity index is 277. The molecule has 0 bridgehead atoms. The zero-order valence-corrected chi connectivity index (χ0v) is 12.8. The van der Waals surface area contributed by atoms with Gasteiger partial charge >= 0.3 is 5.97 Å². The molecule has 4 heteroatoms. The van der Waals surface area contributed by atoms with Gasteiger partial charge in [-0.3, -0.25) is 4.79 Å². The molecular weight excluding hydrogens is 254 g/mol. The summed E-state index contributed by atoms with van der Waals surface area (Å²) in [6, 6.07) is -0.276. The number of rotatable bonds is 9. The number of nitrogens with two attached hydrogens (primary N) is 1. The lowest BCUT2D eigenvalue weighted by atomic mass is 9.82. The first kappa shape index (κ1) is 17.4. The van der Waals surface area contributed by atoms with E-state index in [9.17, 15) is 15.0 Å². The normalized spacial score (nSPS) is 21.4. The van der Waals surface area contributed by atoms with Crippen molar-refractivity contribution in [3.63, 3.8) is 0 Å². The third kappa shape index (κ3) is 6.23. The standard InChI is InChI=1S/C16H31NO3/c1-2-3-9-13(16(19)20)11-15(18)14(17)10-12-7-5-4-6-8-12/h12-15,18H,2-11,17H2,1H3,(H,19,20)/t13-,14+,15+/m1/s1. The molecule has 0 aromatic rings. The molecule has 118 valence electrons. The van der Waals surface area contributed by atoms with E-state index in [1.165, 1.54) is 32.1 Å². The molecule has 0 amide bonds. The van der Waals surface area contributed by atoms with Crippen molar-refractivity contribution in [1.29, 1.82) is 0 Å². The first-order chi connectivity index (χ1) is 9.54. The van der Waals surface area contributed by atoms with Crippen LogP contribution in [-0.4, -0.2) is 28.3 Å². The van der Waals surface area contributed by atoms with Crippen LogP contribution in [0.4, 0.5) is 0 Å². The van der Waals surface area contributed by atoms with Crippen molar-refractivity contribution in [3.8, 4) is 0 Å². The minimum atomic E-state index is -0.803. The van der Waals surface area contributed by atoms with Gasteiger partial charge in [-0.25, -0.2) is 0 Å². The van der Waals surface area contributed by atoms with Gasteiger partial charge in [0, 0.05) is 6.04 Å². The van der Waals surface area contributed by atoms with Crippen LogP contribution in [0.1, 0.15) is 71.1 Å². The van der Waals surface area contributed by atoms with E-state index in [1.54, 1.807) is 0 Å². The van der Waals surface area contributed by atoms with Crippen molar-refractivity contribution in [1.82, 2.24) is 0 Å². The average Bonchev–Trinajstić information content (AvgIpc) is 2.43. The summed E-state index contributed by atoms with van der Waals surface area (Å²) in [6.07, 6.45) is 9.21. The maximum atomic E-state index is 11.2. The molecule has 0 heterocycles. The van der Waals surface area contributed by atoms with E-state index in [0.29, 0.717) is 18.8 Å². The van der Waals surface area contributed by atoms with Gasteiger partial charge in [-0.1, -0.05) is 51.9 Å². The van der Waals surface area contributed by atoms with E-state index < -0.39 is 18.0 Å². The molecule has 4 nitrogen and oxygen atoms in total. The van der Waals surface area contributed by atoms with Crippen LogP contribution in [0.2, 0.25) is 0 Å². The Morgan fingerprint density at radius 2 is 1.95 bits per heavy atom. The highest BCUT2D eigenvalue weighted by Crippen LogP contribution is 2.28. The molecule has 0 aromatic heterocycles. The molecule has 1 fully saturated rings. The van der Waals surface area contributed by atoms with Gasteiger partial charge in [-0.2, -0.15) is 0 Å². The van der Waals surface area contributed by atoms with Crippen LogP contribution in [0.3, 0.4) is 0 Å². The molecule has 0 aliphatic heterocycles. The fraction of sp³-hybridized carbons (Fsp3) is 0.938. The van der Waals surface area contributed by atoms with Crippen molar-refractivity contribution < 1.29 is 15.0 Å². The molecule has 1 rings (SSSR count). The Labute approximate surface area is 122 Å². The quantitative estimate of drug-likeness (QED) is 0.608. The zero-order chi connectivity index (χ0) is 15.0. The maximum Gasteiger partial charge on any atom is 0.306 e. The summed E-state index contributed by atoms with van der Waals surface area (Å²) in [6.45, 7) is 2.05. The van der Waals surface area contributed by atoms with Crippen LogP contribution in [0.5, 0.6) is 0 Å². The Balaban J connectivity index is 2.37. The summed E-state index contributed by atoms with van der Waals surface area (Å²) in [7, 11) is 0. The number of aliphatic hydroxyl groups excluding tert-OH is 1. The molecule has 0 saturated heterocycles. The minimum Gasteiger partial charge on any atom is -0.481 e. The second-order valence-corrected chi connectivity index (χ2v) is 6.38. The molecule has 3 atom stereocenters. The molecule has 0 spiro atoms. The summed E-state index contributed by atoms with van der Waals surface area (Å²) >= 11 is 0. The van der Waals surface area contributed by atoms with Crippen LogP contribution in [0, 0.1) is 11.8 Å². The number of hydrogen-bond acceptors (Lipinski definition) is 3. The summed E-state index contributed by atoms with van der Waals surface area (Å²) in [5, 5.41) is 19.4. The lowest BCUT2D eigenvalue weighted by molar-refractivity contribution is -0.143. The van der Waals surface area contributed by atoms with Gasteiger partial charge in [-0.15, -0.1) is 0 Å². The maximum absolute atomic E-state index is 11.2. The molecule has 0 radical (unpaired) electrons. The average molecular weight is 285 g/mol. The predicted molar refractivity (Wildman–Crippen MR) is 80.4 cm³/mol. The monoisotopic (exact) mass is 285 g/mol. The molecule has 0 unspecified atom stereocenters. The van der Waals surface area contributed by atoms with Crippen LogP contribution >= 0.6 is 0 Å². The highest BCUT2D eigenvalue weighted by atomic mass is 16.4. The largest absolute Gasteiger partial charge is 0.481 e. The third-order valence-corrected chi connectivity index (χ3v) is 4.61. The Morgan fingerprint density at radius 1 is 1.30 bits per heavy atom. The van der Waals surface area contributed by atoms with Crippen molar-refractivity contribution >= 4 is 5.97 Å². The van der Waals surface area contributed by atoms with Gasteiger partial charge in [0.25, 0.3) is 0 Å². The van der Waals surface area contributed by atoms with Gasteiger partial charge in [0.05, 0.1) is 12.0 Å². The first-order valence-electron chi connectivity index (χ1n) is 8.21. The van der Waals surface area contributed by atoms with Crippen molar-refractivity contribution in [3.05, 3.63) is 0 Å². The molecule has 1 aliphatic carbocycles. The van der Waals surface area contributed by atoms with Gasteiger partial charge in [0.1, 0.15) is 0 Å². The van der Waals surface area contributed by atoms with Gasteiger partial charge < -0.3 is 15.9 Å². The number of aliphatic carboxylic acids is 1. The Hall–Kier alpha value is -0.610. The van der Waals surface area contributed by atoms with E-state index in [1.807, 2.05) is 6.92 Å². The van der Waals surface area contributed by atoms with E-state index in [0.717, 1.165) is 19.3 Å². The predicted octanol–water partition coefficient (Wildman–Crippen LogP) is 2.93. The van der Waals surface area contributed by atoms with Gasteiger partial charge in [-0.05, 0) is 25.2 Å². The second-order valence-electron chi connectivity index (χ2n) is 6.38. The SMILES string of the molecule is CCCC[C@H](C[C@H](O)[C@@H](N)CC1CCCCC1)C(=O)O. The summed E-state index contributed by atoms with van der Waals surface area (Å²) in [5.41, 5.74) is 6.08. The molecule has 1 saturated carbocycles. The third-order valence-electron chi connectivity index (χ3n) is 4.61. The number of carbonyl (C=O) groups is 1. The van der Waals surface area contributed by atoms with Crippen LogP contribution in [0.15, 0.2) is 0 Å². The lowest BCUT2D eigenvalue weighted by Gasteiger charge is -2.28. The van der Waals surface area contributed by atoms with Gasteiger partial charge in [0.2, 0.25) is 0 Å². The van der Waals surface area contributed by atoms with E-state index in [2.05, 4.69) is 0 Å². The molecule has 20 heavy (non-hydrogen) atoms. The summed E-state index contributed by atoms with van der Waals surface area (Å²) in [4.78, 5) is 11.2. The Kier molecular flexibility index (Phi) is 8.15. The van der Waals surface area contributed by atoms with Crippen molar-refractivity contribution in [2.75, 3.05) is 0 Å². The topological polar surface area (TPSA) is 83.5 Å². The van der Waals surface area contributed by atoms with Gasteiger partial charge in [0.15, 0.2) is 0 Å². The highest BCUT2D eigenvalue weighted by Gasteiger charge is 2.26.